The molecule has 2 N–H and O–H groups in total. The molecule has 1 aromatic rings. The van der Waals surface area contributed by atoms with Crippen LogP contribution in [0.25, 0.3) is 0 Å². The Hall–Kier alpha value is -1.92. The molecule has 6 heteroatoms. The number of carbonyl (C=O) groups excluding carboxylic acids is 2. The second-order valence-electron chi connectivity index (χ2n) is 7.25. The molecule has 0 unspecified atom stereocenters. The lowest BCUT2D eigenvalue weighted by molar-refractivity contribution is -0.125. The number of hydrogen-bond acceptors (Lipinski definition) is 4. The highest BCUT2D eigenvalue weighted by Gasteiger charge is 2.26. The van der Waals surface area contributed by atoms with E-state index in [0.717, 1.165) is 38.3 Å². The zero-order valence-electron chi connectivity index (χ0n) is 16.4. The van der Waals surface area contributed by atoms with Crippen molar-refractivity contribution < 1.29 is 9.59 Å². The number of carbonyl (C=O) groups is 2. The number of nitrogens with one attached hydrogen (secondary N) is 2. The van der Waals surface area contributed by atoms with Gasteiger partial charge in [0, 0.05) is 37.9 Å². The molecule has 2 rings (SSSR count). The Labute approximate surface area is 156 Å². The van der Waals surface area contributed by atoms with Crippen LogP contribution in [0.3, 0.4) is 0 Å². The predicted octanol–water partition coefficient (Wildman–Crippen LogP) is 1.72. The van der Waals surface area contributed by atoms with Crippen LogP contribution in [0.15, 0.2) is 24.3 Å². The number of hydrogen-bond donors (Lipinski definition) is 2. The van der Waals surface area contributed by atoms with E-state index in [4.69, 9.17) is 0 Å². The molecule has 1 saturated heterocycles. The van der Waals surface area contributed by atoms with Crippen LogP contribution >= 0.6 is 0 Å². The molecule has 0 aromatic heterocycles. The SMILES string of the molecule is CCc1ccc(NC(=O)[C@@H](C)N2CCN(CC(=O)NC(C)C)CC2)cc1. The van der Waals surface area contributed by atoms with E-state index in [1.54, 1.807) is 0 Å². The highest BCUT2D eigenvalue weighted by atomic mass is 16.2. The lowest BCUT2D eigenvalue weighted by atomic mass is 10.1. The average molecular weight is 361 g/mol. The van der Waals surface area contributed by atoms with Crippen LogP contribution in [-0.4, -0.2) is 66.4 Å². The van der Waals surface area contributed by atoms with Crippen molar-refractivity contribution in [1.29, 1.82) is 0 Å². The number of anilines is 1. The van der Waals surface area contributed by atoms with E-state index in [-0.39, 0.29) is 23.9 Å². The summed E-state index contributed by atoms with van der Waals surface area (Å²) >= 11 is 0. The number of amides is 2. The summed E-state index contributed by atoms with van der Waals surface area (Å²) in [5.41, 5.74) is 2.09. The van der Waals surface area contributed by atoms with Crippen molar-refractivity contribution in [1.82, 2.24) is 15.1 Å². The van der Waals surface area contributed by atoms with Crippen molar-refractivity contribution in [2.24, 2.45) is 0 Å². The Balaban J connectivity index is 1.78. The number of nitrogens with zero attached hydrogens (tertiary/aromatic N) is 2. The molecule has 0 radical (unpaired) electrons. The van der Waals surface area contributed by atoms with Gasteiger partial charge in [0.2, 0.25) is 11.8 Å². The Bertz CT molecular complexity index is 592. The predicted molar refractivity (Wildman–Crippen MR) is 105 cm³/mol. The van der Waals surface area contributed by atoms with E-state index in [1.165, 1.54) is 5.56 Å². The highest BCUT2D eigenvalue weighted by Crippen LogP contribution is 2.12. The number of piperazine rings is 1. The number of aryl methyl sites for hydroxylation is 1. The largest absolute Gasteiger partial charge is 0.353 e. The van der Waals surface area contributed by atoms with Gasteiger partial charge < -0.3 is 10.6 Å². The van der Waals surface area contributed by atoms with Gasteiger partial charge >= 0.3 is 0 Å². The summed E-state index contributed by atoms with van der Waals surface area (Å²) in [6.45, 7) is 11.6. The molecular weight excluding hydrogens is 328 g/mol. The fourth-order valence-corrected chi connectivity index (χ4v) is 3.12. The van der Waals surface area contributed by atoms with Gasteiger partial charge in [0.1, 0.15) is 0 Å². The van der Waals surface area contributed by atoms with Gasteiger partial charge in [0.25, 0.3) is 0 Å². The molecule has 144 valence electrons. The van der Waals surface area contributed by atoms with Gasteiger partial charge in [-0.05, 0) is 44.9 Å². The average Bonchev–Trinajstić information content (AvgIpc) is 2.61. The first-order valence-corrected chi connectivity index (χ1v) is 9.54. The zero-order valence-corrected chi connectivity index (χ0v) is 16.4. The summed E-state index contributed by atoms with van der Waals surface area (Å²) in [6, 6.07) is 7.97. The van der Waals surface area contributed by atoms with Gasteiger partial charge in [-0.1, -0.05) is 19.1 Å². The van der Waals surface area contributed by atoms with E-state index in [0.29, 0.717) is 6.54 Å². The first-order valence-electron chi connectivity index (χ1n) is 9.54. The standard InChI is InChI=1S/C20H32N4O2/c1-5-17-6-8-18(9-7-17)22-20(26)16(4)24-12-10-23(11-13-24)14-19(25)21-15(2)3/h6-9,15-16H,5,10-14H2,1-4H3,(H,21,25)(H,22,26)/t16-/m1/s1. The third-order valence-electron chi connectivity index (χ3n) is 4.78. The van der Waals surface area contributed by atoms with E-state index in [9.17, 15) is 9.59 Å². The summed E-state index contributed by atoms with van der Waals surface area (Å²) in [4.78, 5) is 28.7. The van der Waals surface area contributed by atoms with Crippen LogP contribution in [0.4, 0.5) is 5.69 Å². The van der Waals surface area contributed by atoms with E-state index in [1.807, 2.05) is 45.0 Å². The smallest absolute Gasteiger partial charge is 0.241 e. The Morgan fingerprint density at radius 1 is 1.04 bits per heavy atom. The van der Waals surface area contributed by atoms with Crippen LogP contribution in [0.2, 0.25) is 0 Å². The molecule has 0 spiro atoms. The normalized spacial score (nSPS) is 17.1. The molecule has 1 fully saturated rings. The summed E-state index contributed by atoms with van der Waals surface area (Å²) in [6.07, 6.45) is 0.990. The lowest BCUT2D eigenvalue weighted by Gasteiger charge is -2.37. The lowest BCUT2D eigenvalue weighted by Crippen LogP contribution is -2.54. The number of benzene rings is 1. The Morgan fingerprint density at radius 2 is 1.65 bits per heavy atom. The van der Waals surface area contributed by atoms with Gasteiger partial charge in [-0.3, -0.25) is 19.4 Å². The summed E-state index contributed by atoms with van der Waals surface area (Å²) < 4.78 is 0. The highest BCUT2D eigenvalue weighted by molar-refractivity contribution is 5.94. The maximum atomic E-state index is 12.5. The minimum atomic E-state index is -0.188. The third kappa shape index (κ3) is 6.11. The molecule has 26 heavy (non-hydrogen) atoms. The second kappa shape index (κ2) is 9.69. The molecule has 0 aliphatic carbocycles. The van der Waals surface area contributed by atoms with Crippen LogP contribution in [0.1, 0.15) is 33.3 Å². The monoisotopic (exact) mass is 360 g/mol. The van der Waals surface area contributed by atoms with E-state index < -0.39 is 0 Å². The second-order valence-corrected chi connectivity index (χ2v) is 7.25. The van der Waals surface area contributed by atoms with Crippen LogP contribution in [-0.2, 0) is 16.0 Å². The molecule has 0 bridgehead atoms. The van der Waals surface area contributed by atoms with E-state index >= 15 is 0 Å². The summed E-state index contributed by atoms with van der Waals surface area (Å²) in [5, 5.41) is 5.92. The third-order valence-corrected chi connectivity index (χ3v) is 4.78. The molecule has 2 amide bonds. The molecule has 1 heterocycles. The first kappa shape index (κ1) is 20.4. The van der Waals surface area contributed by atoms with Crippen LogP contribution in [0.5, 0.6) is 0 Å². The number of rotatable bonds is 7. The molecule has 1 atom stereocenters. The Kier molecular flexibility index (Phi) is 7.60. The van der Waals surface area contributed by atoms with Gasteiger partial charge in [0.15, 0.2) is 0 Å². The maximum absolute atomic E-state index is 12.5. The van der Waals surface area contributed by atoms with E-state index in [2.05, 4.69) is 27.4 Å². The first-order chi connectivity index (χ1) is 12.4. The van der Waals surface area contributed by atoms with Crippen LogP contribution < -0.4 is 10.6 Å². The summed E-state index contributed by atoms with van der Waals surface area (Å²) in [5.74, 6) is 0.0787. The minimum Gasteiger partial charge on any atom is -0.353 e. The van der Waals surface area contributed by atoms with Crippen molar-refractivity contribution in [3.63, 3.8) is 0 Å². The minimum absolute atomic E-state index is 0.0141. The van der Waals surface area contributed by atoms with Crippen molar-refractivity contribution >= 4 is 17.5 Å². The maximum Gasteiger partial charge on any atom is 0.241 e. The fourth-order valence-electron chi connectivity index (χ4n) is 3.12. The fraction of sp³-hybridized carbons (Fsp3) is 0.600. The molecule has 1 aliphatic rings. The molecule has 6 nitrogen and oxygen atoms in total. The molecule has 1 aromatic carbocycles. The van der Waals surface area contributed by atoms with Crippen molar-refractivity contribution in [2.45, 2.75) is 46.2 Å². The molecular formula is C20H32N4O2. The van der Waals surface area contributed by atoms with Crippen molar-refractivity contribution in [3.8, 4) is 0 Å². The van der Waals surface area contributed by atoms with Crippen molar-refractivity contribution in [2.75, 3.05) is 38.0 Å². The molecule has 1 aliphatic heterocycles. The molecule has 0 saturated carbocycles. The van der Waals surface area contributed by atoms with Crippen molar-refractivity contribution in [3.05, 3.63) is 29.8 Å². The quantitative estimate of drug-likeness (QED) is 0.777. The summed E-state index contributed by atoms with van der Waals surface area (Å²) in [7, 11) is 0. The van der Waals surface area contributed by atoms with Gasteiger partial charge in [-0.25, -0.2) is 0 Å². The van der Waals surface area contributed by atoms with Gasteiger partial charge in [0.05, 0.1) is 12.6 Å². The van der Waals surface area contributed by atoms with Crippen LogP contribution in [0, 0.1) is 0 Å². The Morgan fingerprint density at radius 3 is 2.19 bits per heavy atom. The topological polar surface area (TPSA) is 64.7 Å². The van der Waals surface area contributed by atoms with Gasteiger partial charge in [-0.2, -0.15) is 0 Å². The van der Waals surface area contributed by atoms with Gasteiger partial charge in [-0.15, -0.1) is 0 Å². The zero-order chi connectivity index (χ0) is 19.1.